The van der Waals surface area contributed by atoms with E-state index in [4.69, 9.17) is 4.74 Å². The van der Waals surface area contributed by atoms with E-state index in [9.17, 15) is 18.0 Å². The van der Waals surface area contributed by atoms with Crippen molar-refractivity contribution in [1.82, 2.24) is 14.9 Å². The topological polar surface area (TPSA) is 58.6 Å². The van der Waals surface area contributed by atoms with Crippen molar-refractivity contribution in [3.63, 3.8) is 0 Å². The minimum Gasteiger partial charge on any atom is -0.439 e. The first-order valence-electron chi connectivity index (χ1n) is 8.48. The van der Waals surface area contributed by atoms with Crippen LogP contribution in [-0.4, -0.2) is 53.1 Å². The summed E-state index contributed by atoms with van der Waals surface area (Å²) in [6.07, 6.45) is -5.91. The molecule has 144 valence electrons. The Bertz CT molecular complexity index is 791. The quantitative estimate of drug-likeness (QED) is 0.816. The number of alkyl halides is 3. The Morgan fingerprint density at radius 3 is 2.41 bits per heavy atom. The van der Waals surface area contributed by atoms with E-state index in [0.717, 1.165) is 0 Å². The Hall–Kier alpha value is -2.84. The molecule has 0 radical (unpaired) electrons. The van der Waals surface area contributed by atoms with E-state index in [2.05, 4.69) is 9.97 Å². The van der Waals surface area contributed by atoms with Crippen molar-refractivity contribution < 1.29 is 22.7 Å². The summed E-state index contributed by atoms with van der Waals surface area (Å²) >= 11 is 0. The lowest BCUT2D eigenvalue weighted by Gasteiger charge is -2.35. The molecule has 0 atom stereocenters. The van der Waals surface area contributed by atoms with E-state index >= 15 is 0 Å². The smallest absolute Gasteiger partial charge is 0.397 e. The lowest BCUT2D eigenvalue weighted by atomic mass is 10.2. The van der Waals surface area contributed by atoms with Gasteiger partial charge in [0.15, 0.2) is 0 Å². The molecule has 0 aliphatic carbocycles. The maximum atomic E-state index is 12.4. The van der Waals surface area contributed by atoms with Gasteiger partial charge in [-0.05, 0) is 19.1 Å². The molecule has 9 heteroatoms. The maximum absolute atomic E-state index is 12.4. The van der Waals surface area contributed by atoms with Gasteiger partial charge in [-0.3, -0.25) is 4.79 Å². The van der Waals surface area contributed by atoms with Gasteiger partial charge in [-0.25, -0.2) is 4.98 Å². The maximum Gasteiger partial charge on any atom is 0.397 e. The second-order valence-electron chi connectivity index (χ2n) is 6.19. The number of halogens is 3. The number of piperazine rings is 1. The largest absolute Gasteiger partial charge is 0.439 e. The van der Waals surface area contributed by atoms with Gasteiger partial charge in [-0.1, -0.05) is 18.2 Å². The van der Waals surface area contributed by atoms with Crippen LogP contribution in [0, 0.1) is 6.92 Å². The number of ether oxygens (including phenoxy) is 1. The highest BCUT2D eigenvalue weighted by Gasteiger charge is 2.34. The van der Waals surface area contributed by atoms with Gasteiger partial charge in [0, 0.05) is 32.2 Å². The van der Waals surface area contributed by atoms with Gasteiger partial charge in [0.1, 0.15) is 23.8 Å². The molecule has 0 N–H and O–H groups in total. The summed E-state index contributed by atoms with van der Waals surface area (Å²) < 4.78 is 42.9. The van der Waals surface area contributed by atoms with Crippen molar-refractivity contribution in [3.05, 3.63) is 42.2 Å². The molecule has 0 bridgehead atoms. The molecule has 1 saturated heterocycles. The number of anilines is 1. The van der Waals surface area contributed by atoms with Crippen LogP contribution in [0.25, 0.3) is 0 Å². The summed E-state index contributed by atoms with van der Waals surface area (Å²) in [4.78, 5) is 23.5. The summed E-state index contributed by atoms with van der Waals surface area (Å²) in [7, 11) is 0. The second kappa shape index (κ2) is 7.81. The van der Waals surface area contributed by atoms with Gasteiger partial charge >= 0.3 is 6.18 Å². The molecule has 27 heavy (non-hydrogen) atoms. The standard InChI is InChI=1S/C18H19F3N4O2/c1-13-22-15(11-16(23-13)27-14-5-3-2-4-6-14)24-7-9-25(10-8-24)17(26)12-18(19,20)21/h2-6,11H,7-10,12H2,1H3. The van der Waals surface area contributed by atoms with E-state index in [-0.39, 0.29) is 13.1 Å². The van der Waals surface area contributed by atoms with Gasteiger partial charge in [-0.15, -0.1) is 0 Å². The molecule has 1 aliphatic heterocycles. The monoisotopic (exact) mass is 380 g/mol. The van der Waals surface area contributed by atoms with Crippen LogP contribution in [0.3, 0.4) is 0 Å². The highest BCUT2D eigenvalue weighted by atomic mass is 19.4. The number of benzene rings is 1. The first-order valence-corrected chi connectivity index (χ1v) is 8.48. The van der Waals surface area contributed by atoms with E-state index in [0.29, 0.717) is 36.4 Å². The third-order valence-electron chi connectivity index (χ3n) is 4.07. The number of amides is 1. The van der Waals surface area contributed by atoms with Crippen LogP contribution in [-0.2, 0) is 4.79 Å². The number of rotatable bonds is 4. The number of nitrogens with zero attached hydrogens (tertiary/aromatic N) is 4. The molecule has 1 fully saturated rings. The summed E-state index contributed by atoms with van der Waals surface area (Å²) in [6, 6.07) is 10.9. The number of carbonyl (C=O) groups excluding carboxylic acids is 1. The predicted octanol–water partition coefficient (Wildman–Crippen LogP) is 3.18. The first kappa shape index (κ1) is 18.9. The Kier molecular flexibility index (Phi) is 5.48. The van der Waals surface area contributed by atoms with Gasteiger partial charge in [0.05, 0.1) is 0 Å². The van der Waals surface area contributed by atoms with Crippen LogP contribution in [0.1, 0.15) is 12.2 Å². The number of carbonyl (C=O) groups is 1. The first-order chi connectivity index (χ1) is 12.8. The molecule has 1 aromatic carbocycles. The van der Waals surface area contributed by atoms with Crippen molar-refractivity contribution in [1.29, 1.82) is 0 Å². The molecular weight excluding hydrogens is 361 g/mol. The summed E-state index contributed by atoms with van der Waals surface area (Å²) in [5.41, 5.74) is 0. The molecular formula is C18H19F3N4O2. The van der Waals surface area contributed by atoms with E-state index < -0.39 is 18.5 Å². The van der Waals surface area contributed by atoms with E-state index in [1.165, 1.54) is 4.90 Å². The number of aromatic nitrogens is 2. The fraction of sp³-hybridized carbons (Fsp3) is 0.389. The lowest BCUT2D eigenvalue weighted by Crippen LogP contribution is -2.49. The molecule has 2 heterocycles. The minimum absolute atomic E-state index is 0.215. The molecule has 0 unspecified atom stereocenters. The Labute approximate surface area is 154 Å². The fourth-order valence-electron chi connectivity index (χ4n) is 2.82. The number of aryl methyl sites for hydroxylation is 1. The average molecular weight is 380 g/mol. The van der Waals surface area contributed by atoms with Gasteiger partial charge in [-0.2, -0.15) is 18.2 Å². The normalized spacial score (nSPS) is 15.0. The average Bonchev–Trinajstić information content (AvgIpc) is 2.61. The zero-order valence-electron chi connectivity index (χ0n) is 14.7. The molecule has 3 rings (SSSR count). The van der Waals surface area contributed by atoms with Crippen molar-refractivity contribution in [2.45, 2.75) is 19.5 Å². The molecule has 2 aromatic rings. The van der Waals surface area contributed by atoms with Crippen LogP contribution in [0.2, 0.25) is 0 Å². The van der Waals surface area contributed by atoms with Crippen LogP contribution >= 0.6 is 0 Å². The van der Waals surface area contributed by atoms with E-state index in [1.54, 1.807) is 13.0 Å². The minimum atomic E-state index is -4.48. The number of hydrogen-bond acceptors (Lipinski definition) is 5. The fourth-order valence-corrected chi connectivity index (χ4v) is 2.82. The Balaban J connectivity index is 1.65. The molecule has 1 amide bonds. The Morgan fingerprint density at radius 2 is 1.78 bits per heavy atom. The zero-order chi connectivity index (χ0) is 19.4. The molecule has 6 nitrogen and oxygen atoms in total. The highest BCUT2D eigenvalue weighted by molar-refractivity contribution is 5.77. The van der Waals surface area contributed by atoms with Crippen molar-refractivity contribution >= 4 is 11.7 Å². The van der Waals surface area contributed by atoms with Crippen LogP contribution in [0.15, 0.2) is 36.4 Å². The third-order valence-corrected chi connectivity index (χ3v) is 4.07. The summed E-state index contributed by atoms with van der Waals surface area (Å²) in [6.45, 7) is 2.96. The van der Waals surface area contributed by atoms with Gasteiger partial charge in [0.25, 0.3) is 0 Å². The van der Waals surface area contributed by atoms with Crippen molar-refractivity contribution in [3.8, 4) is 11.6 Å². The van der Waals surface area contributed by atoms with Crippen LogP contribution in [0.4, 0.5) is 19.0 Å². The van der Waals surface area contributed by atoms with Gasteiger partial charge < -0.3 is 14.5 Å². The number of para-hydroxylation sites is 1. The highest BCUT2D eigenvalue weighted by Crippen LogP contribution is 2.25. The molecule has 1 aliphatic rings. The van der Waals surface area contributed by atoms with Crippen molar-refractivity contribution in [2.24, 2.45) is 0 Å². The van der Waals surface area contributed by atoms with Crippen LogP contribution in [0.5, 0.6) is 11.6 Å². The molecule has 1 aromatic heterocycles. The zero-order valence-corrected chi connectivity index (χ0v) is 14.7. The predicted molar refractivity (Wildman–Crippen MR) is 92.8 cm³/mol. The lowest BCUT2D eigenvalue weighted by molar-refractivity contribution is -0.161. The SMILES string of the molecule is Cc1nc(Oc2ccccc2)cc(N2CCN(C(=O)CC(F)(F)F)CC2)n1. The van der Waals surface area contributed by atoms with E-state index in [1.807, 2.05) is 35.2 Å². The second-order valence-corrected chi connectivity index (χ2v) is 6.19. The van der Waals surface area contributed by atoms with Crippen LogP contribution < -0.4 is 9.64 Å². The number of hydrogen-bond donors (Lipinski definition) is 0. The Morgan fingerprint density at radius 1 is 1.11 bits per heavy atom. The third kappa shape index (κ3) is 5.32. The van der Waals surface area contributed by atoms with Gasteiger partial charge in [0.2, 0.25) is 11.8 Å². The summed E-state index contributed by atoms with van der Waals surface area (Å²) in [5, 5.41) is 0. The summed E-state index contributed by atoms with van der Waals surface area (Å²) in [5.74, 6) is 1.28. The van der Waals surface area contributed by atoms with Crippen molar-refractivity contribution in [2.75, 3.05) is 31.1 Å². The molecule has 0 saturated carbocycles. The molecule has 0 spiro atoms.